The molecule has 4 aromatic heterocycles. The molecule has 8 rings (SSSR count). The van der Waals surface area contributed by atoms with E-state index >= 15 is 0 Å². The Kier molecular flexibility index (Phi) is 4.37. The van der Waals surface area contributed by atoms with Crippen molar-refractivity contribution in [3.63, 3.8) is 0 Å². The van der Waals surface area contributed by atoms with Gasteiger partial charge in [0.25, 0.3) is 0 Å². The van der Waals surface area contributed by atoms with Gasteiger partial charge in [-0.05, 0) is 61.0 Å². The smallest absolute Gasteiger partial charge is 0.137 e. The summed E-state index contributed by atoms with van der Waals surface area (Å²) >= 11 is 0. The number of hydrogen-bond donors (Lipinski definition) is 0. The number of nitrogens with zero attached hydrogens (tertiary/aromatic N) is 5. The molecule has 5 heteroatoms. The fraction of sp³-hybridized carbons (Fsp3) is 0.0303. The van der Waals surface area contributed by atoms with E-state index in [1.54, 1.807) is 0 Å². The van der Waals surface area contributed by atoms with Gasteiger partial charge < -0.3 is 4.57 Å². The standard InChI is InChI=1S/C33H23N5/c1-22-28(17-16-27-25-10-3-5-12-30(25)38(33(22)27)32-13-6-7-18-34-32)37-29-11-4-2-9-24(29)26-15-14-23(21-31(26)37)36-20-8-19-35-36/h2-21H,1H3. The number of aryl methyl sites for hydroxylation is 1. The van der Waals surface area contributed by atoms with Gasteiger partial charge in [-0.25, -0.2) is 9.67 Å². The highest BCUT2D eigenvalue weighted by molar-refractivity contribution is 6.13. The second-order valence-corrected chi connectivity index (χ2v) is 9.65. The number of aromatic nitrogens is 5. The Morgan fingerprint density at radius 1 is 0.579 bits per heavy atom. The third-order valence-electron chi connectivity index (χ3n) is 7.61. The molecule has 0 atom stereocenters. The van der Waals surface area contributed by atoms with E-state index in [1.807, 2.05) is 41.5 Å². The predicted molar refractivity (Wildman–Crippen MR) is 155 cm³/mol. The Morgan fingerprint density at radius 2 is 1.29 bits per heavy atom. The predicted octanol–water partition coefficient (Wildman–Crippen LogP) is 7.77. The summed E-state index contributed by atoms with van der Waals surface area (Å²) in [6.45, 7) is 2.23. The fourth-order valence-corrected chi connectivity index (χ4v) is 5.96. The van der Waals surface area contributed by atoms with E-state index in [-0.39, 0.29) is 0 Å². The highest BCUT2D eigenvalue weighted by Gasteiger charge is 2.20. The fourth-order valence-electron chi connectivity index (χ4n) is 5.96. The number of rotatable bonds is 3. The van der Waals surface area contributed by atoms with Gasteiger partial charge in [-0.3, -0.25) is 4.57 Å². The third-order valence-corrected chi connectivity index (χ3v) is 7.61. The van der Waals surface area contributed by atoms with Gasteiger partial charge in [-0.2, -0.15) is 5.10 Å². The Balaban J connectivity index is 1.51. The van der Waals surface area contributed by atoms with Gasteiger partial charge in [0.2, 0.25) is 0 Å². The molecule has 0 aliphatic rings. The Labute approximate surface area is 218 Å². The number of benzene rings is 4. The Morgan fingerprint density at radius 3 is 2.05 bits per heavy atom. The third kappa shape index (κ3) is 2.87. The van der Waals surface area contributed by atoms with Crippen LogP contribution in [-0.4, -0.2) is 23.9 Å². The Hall–Kier alpha value is -5.16. The molecule has 0 amide bonds. The maximum absolute atomic E-state index is 4.74. The highest BCUT2D eigenvalue weighted by atomic mass is 15.3. The van der Waals surface area contributed by atoms with Gasteiger partial charge in [0, 0.05) is 40.1 Å². The van der Waals surface area contributed by atoms with Crippen LogP contribution in [0.5, 0.6) is 0 Å². The monoisotopic (exact) mass is 489 g/mol. The van der Waals surface area contributed by atoms with Crippen LogP contribution in [0.25, 0.3) is 60.8 Å². The van der Waals surface area contributed by atoms with E-state index in [4.69, 9.17) is 4.98 Å². The first-order valence-corrected chi connectivity index (χ1v) is 12.8. The normalized spacial score (nSPS) is 11.8. The first-order valence-electron chi connectivity index (χ1n) is 12.8. The molecule has 0 N–H and O–H groups in total. The zero-order valence-corrected chi connectivity index (χ0v) is 20.8. The minimum Gasteiger partial charge on any atom is -0.309 e. The zero-order valence-electron chi connectivity index (χ0n) is 20.8. The van der Waals surface area contributed by atoms with E-state index < -0.39 is 0 Å². The lowest BCUT2D eigenvalue weighted by molar-refractivity contribution is 0.881. The van der Waals surface area contributed by atoms with Crippen LogP contribution in [-0.2, 0) is 0 Å². The maximum atomic E-state index is 4.74. The average Bonchev–Trinajstić information content (AvgIpc) is 3.69. The van der Waals surface area contributed by atoms with Crippen molar-refractivity contribution in [2.45, 2.75) is 6.92 Å². The molecule has 0 unspecified atom stereocenters. The van der Waals surface area contributed by atoms with Crippen molar-refractivity contribution in [1.82, 2.24) is 23.9 Å². The lowest BCUT2D eigenvalue weighted by atomic mass is 10.1. The zero-order chi connectivity index (χ0) is 25.2. The summed E-state index contributed by atoms with van der Waals surface area (Å²) in [5, 5.41) is 9.39. The van der Waals surface area contributed by atoms with Crippen LogP contribution < -0.4 is 0 Å². The molecular formula is C33H23N5. The van der Waals surface area contributed by atoms with E-state index in [2.05, 4.69) is 106 Å². The van der Waals surface area contributed by atoms with Crippen molar-refractivity contribution >= 4 is 43.6 Å². The molecular weight excluding hydrogens is 466 g/mol. The van der Waals surface area contributed by atoms with E-state index in [1.165, 1.54) is 38.1 Å². The van der Waals surface area contributed by atoms with Gasteiger partial charge in [-0.1, -0.05) is 54.6 Å². The number of hydrogen-bond acceptors (Lipinski definition) is 2. The summed E-state index contributed by atoms with van der Waals surface area (Å²) in [6.07, 6.45) is 5.66. The maximum Gasteiger partial charge on any atom is 0.137 e. The molecule has 0 aliphatic carbocycles. The molecule has 4 aromatic carbocycles. The second kappa shape index (κ2) is 7.92. The van der Waals surface area contributed by atoms with Crippen molar-refractivity contribution < 1.29 is 0 Å². The van der Waals surface area contributed by atoms with Gasteiger partial charge in [-0.15, -0.1) is 0 Å². The first kappa shape index (κ1) is 21.0. The molecule has 4 heterocycles. The topological polar surface area (TPSA) is 40.6 Å². The summed E-state index contributed by atoms with van der Waals surface area (Å²) in [4.78, 5) is 4.74. The first-order chi connectivity index (χ1) is 18.8. The SMILES string of the molecule is Cc1c(-n2c3ccccc3c3ccc(-n4cccn4)cc32)ccc2c3ccccc3n(-c3ccccn3)c12. The molecule has 0 saturated heterocycles. The average molecular weight is 490 g/mol. The molecule has 0 radical (unpaired) electrons. The van der Waals surface area contributed by atoms with Crippen LogP contribution >= 0.6 is 0 Å². The van der Waals surface area contributed by atoms with Crippen molar-refractivity contribution in [2.24, 2.45) is 0 Å². The summed E-state index contributed by atoms with van der Waals surface area (Å²) in [5.74, 6) is 0.919. The largest absolute Gasteiger partial charge is 0.309 e. The molecule has 180 valence electrons. The molecule has 0 saturated carbocycles. The van der Waals surface area contributed by atoms with Crippen LogP contribution in [0.2, 0.25) is 0 Å². The van der Waals surface area contributed by atoms with Crippen molar-refractivity contribution in [1.29, 1.82) is 0 Å². The van der Waals surface area contributed by atoms with E-state index in [0.717, 1.165) is 28.2 Å². The van der Waals surface area contributed by atoms with Gasteiger partial charge in [0.05, 0.1) is 33.4 Å². The van der Waals surface area contributed by atoms with Gasteiger partial charge in [0.15, 0.2) is 0 Å². The lowest BCUT2D eigenvalue weighted by Crippen LogP contribution is -2.02. The van der Waals surface area contributed by atoms with Crippen molar-refractivity contribution in [2.75, 3.05) is 0 Å². The molecule has 0 fully saturated rings. The summed E-state index contributed by atoms with van der Waals surface area (Å²) in [5.41, 5.74) is 8.07. The minimum atomic E-state index is 0.919. The van der Waals surface area contributed by atoms with Crippen LogP contribution in [0.3, 0.4) is 0 Å². The van der Waals surface area contributed by atoms with Gasteiger partial charge >= 0.3 is 0 Å². The summed E-state index contributed by atoms with van der Waals surface area (Å²) < 4.78 is 6.61. The molecule has 0 bridgehead atoms. The van der Waals surface area contributed by atoms with Crippen LogP contribution in [0.4, 0.5) is 0 Å². The second-order valence-electron chi connectivity index (χ2n) is 9.65. The summed E-state index contributed by atoms with van der Waals surface area (Å²) in [7, 11) is 0. The van der Waals surface area contributed by atoms with Crippen molar-refractivity contribution in [3.05, 3.63) is 127 Å². The quantitative estimate of drug-likeness (QED) is 0.254. The van der Waals surface area contributed by atoms with Gasteiger partial charge in [0.1, 0.15) is 5.82 Å². The molecule has 8 aromatic rings. The van der Waals surface area contributed by atoms with Crippen LogP contribution in [0, 0.1) is 6.92 Å². The number of pyridine rings is 1. The number of para-hydroxylation sites is 2. The van der Waals surface area contributed by atoms with Crippen molar-refractivity contribution in [3.8, 4) is 17.2 Å². The Bertz CT molecular complexity index is 2130. The molecule has 38 heavy (non-hydrogen) atoms. The summed E-state index contributed by atoms with van der Waals surface area (Å²) in [6, 6.07) is 36.4. The molecule has 0 spiro atoms. The molecule has 0 aliphatic heterocycles. The van der Waals surface area contributed by atoms with E-state index in [9.17, 15) is 0 Å². The molecule has 5 nitrogen and oxygen atoms in total. The van der Waals surface area contributed by atoms with Crippen LogP contribution in [0.15, 0.2) is 122 Å². The van der Waals surface area contributed by atoms with Crippen LogP contribution in [0.1, 0.15) is 5.56 Å². The highest BCUT2D eigenvalue weighted by Crippen LogP contribution is 2.39. The minimum absolute atomic E-state index is 0.919. The number of fused-ring (bicyclic) bond motifs is 6. The lowest BCUT2D eigenvalue weighted by Gasteiger charge is -2.15. The van der Waals surface area contributed by atoms with E-state index in [0.29, 0.717) is 0 Å².